The number of esters is 1. The number of rotatable bonds is 2. The first-order valence-corrected chi connectivity index (χ1v) is 4.84. The van der Waals surface area contributed by atoms with Crippen LogP contribution in [0.3, 0.4) is 0 Å². The van der Waals surface area contributed by atoms with Gasteiger partial charge in [0, 0.05) is 0 Å². The van der Waals surface area contributed by atoms with Gasteiger partial charge in [0.1, 0.15) is 0 Å². The normalized spacial score (nSPS) is 31.5. The summed E-state index contributed by atoms with van der Waals surface area (Å²) < 4.78 is 4.98. The van der Waals surface area contributed by atoms with Crippen molar-refractivity contribution in [2.75, 3.05) is 0 Å². The number of nitriles is 1. The molecule has 0 amide bonds. The van der Waals surface area contributed by atoms with Crippen molar-refractivity contribution in [3.8, 4) is 6.07 Å². The van der Waals surface area contributed by atoms with Gasteiger partial charge >= 0.3 is 5.97 Å². The van der Waals surface area contributed by atoms with Crippen molar-refractivity contribution in [1.29, 1.82) is 5.26 Å². The number of hydrogen-bond donors (Lipinski definition) is 1. The summed E-state index contributed by atoms with van der Waals surface area (Å²) in [4.78, 5) is 11.5. The van der Waals surface area contributed by atoms with E-state index in [-0.39, 0.29) is 6.10 Å². The van der Waals surface area contributed by atoms with Gasteiger partial charge in [-0.2, -0.15) is 5.26 Å². The van der Waals surface area contributed by atoms with Crippen LogP contribution in [-0.2, 0) is 9.53 Å². The molecule has 1 N–H and O–H groups in total. The molecule has 78 valence electrons. The average Bonchev–Trinajstić information content (AvgIpc) is 2.47. The summed E-state index contributed by atoms with van der Waals surface area (Å²) in [6, 6.07) is 1.80. The maximum atomic E-state index is 11.5. The van der Waals surface area contributed by atoms with Crippen molar-refractivity contribution in [1.82, 2.24) is 0 Å². The molecule has 4 nitrogen and oxygen atoms in total. The minimum absolute atomic E-state index is 0.203. The molecule has 4 heteroatoms. The quantitative estimate of drug-likeness (QED) is 0.529. The summed E-state index contributed by atoms with van der Waals surface area (Å²) in [6.07, 6.45) is 1.39. The fourth-order valence-corrected chi connectivity index (χ4v) is 1.75. The van der Waals surface area contributed by atoms with Gasteiger partial charge in [0.15, 0.2) is 5.60 Å². The van der Waals surface area contributed by atoms with Gasteiger partial charge in [-0.1, -0.05) is 0 Å². The van der Waals surface area contributed by atoms with E-state index in [0.717, 1.165) is 0 Å². The summed E-state index contributed by atoms with van der Waals surface area (Å²) in [5.41, 5.74) is -1.51. The van der Waals surface area contributed by atoms with Gasteiger partial charge in [-0.25, -0.2) is 0 Å². The second-order valence-electron chi connectivity index (χ2n) is 3.97. The van der Waals surface area contributed by atoms with Gasteiger partial charge in [0.05, 0.1) is 18.1 Å². The fraction of sp³-hybridized carbons (Fsp3) is 0.800. The lowest BCUT2D eigenvalue weighted by Gasteiger charge is -2.21. The first kappa shape index (κ1) is 11.0. The Morgan fingerprint density at radius 1 is 1.71 bits per heavy atom. The van der Waals surface area contributed by atoms with E-state index in [4.69, 9.17) is 10.00 Å². The fourth-order valence-electron chi connectivity index (χ4n) is 1.75. The second kappa shape index (κ2) is 3.97. The van der Waals surface area contributed by atoms with Crippen LogP contribution in [0.2, 0.25) is 0 Å². The highest BCUT2D eigenvalue weighted by Crippen LogP contribution is 2.36. The second-order valence-corrected chi connectivity index (χ2v) is 3.97. The minimum atomic E-state index is -1.51. The molecule has 1 aliphatic carbocycles. The molecule has 0 aromatic carbocycles. The molecule has 0 aromatic rings. The maximum absolute atomic E-state index is 11.5. The molecule has 1 saturated carbocycles. The van der Waals surface area contributed by atoms with Crippen LogP contribution in [0.15, 0.2) is 0 Å². The lowest BCUT2D eigenvalue weighted by atomic mass is 9.92. The lowest BCUT2D eigenvalue weighted by molar-refractivity contribution is -0.157. The zero-order valence-electron chi connectivity index (χ0n) is 8.49. The third-order valence-corrected chi connectivity index (χ3v) is 2.46. The van der Waals surface area contributed by atoms with E-state index in [1.807, 2.05) is 0 Å². The van der Waals surface area contributed by atoms with Crippen molar-refractivity contribution >= 4 is 5.97 Å². The predicted octanol–water partition coefficient (Wildman–Crippen LogP) is 0.993. The monoisotopic (exact) mass is 197 g/mol. The summed E-state index contributed by atoms with van der Waals surface area (Å²) >= 11 is 0. The van der Waals surface area contributed by atoms with Crippen LogP contribution in [0.1, 0.15) is 33.1 Å². The summed E-state index contributed by atoms with van der Waals surface area (Å²) in [6.45, 7) is 3.50. The van der Waals surface area contributed by atoms with Crippen LogP contribution in [0.25, 0.3) is 0 Å². The van der Waals surface area contributed by atoms with Gasteiger partial charge in [-0.05, 0) is 33.1 Å². The Hall–Kier alpha value is -1.08. The predicted molar refractivity (Wildman–Crippen MR) is 49.1 cm³/mol. The number of nitrogens with zero attached hydrogens (tertiary/aromatic N) is 1. The molecule has 2 atom stereocenters. The van der Waals surface area contributed by atoms with Gasteiger partial charge in [-0.3, -0.25) is 4.79 Å². The molecule has 0 aromatic heterocycles. The molecule has 1 fully saturated rings. The maximum Gasteiger partial charge on any atom is 0.313 e. The molecule has 1 aliphatic rings. The number of hydrogen-bond acceptors (Lipinski definition) is 4. The third-order valence-electron chi connectivity index (χ3n) is 2.46. The molecule has 0 aliphatic heterocycles. The van der Waals surface area contributed by atoms with Crippen LogP contribution in [0, 0.1) is 17.2 Å². The number of aliphatic hydroxyl groups is 1. The van der Waals surface area contributed by atoms with Crippen molar-refractivity contribution < 1.29 is 14.6 Å². The molecule has 0 bridgehead atoms. The van der Waals surface area contributed by atoms with Crippen LogP contribution < -0.4 is 0 Å². The molecule has 1 rings (SSSR count). The van der Waals surface area contributed by atoms with Gasteiger partial charge < -0.3 is 9.84 Å². The van der Waals surface area contributed by atoms with Crippen molar-refractivity contribution in [2.24, 2.45) is 5.92 Å². The standard InChI is InChI=1S/C10H15NO3/c1-7(2)14-9(12)8-4-3-5-10(8,13)6-11/h7-8,13H,3-5H2,1-2H3/t8-,10+/m1/s1. The van der Waals surface area contributed by atoms with Crippen molar-refractivity contribution in [2.45, 2.75) is 44.8 Å². The van der Waals surface area contributed by atoms with Crippen LogP contribution in [0.5, 0.6) is 0 Å². The third kappa shape index (κ3) is 2.05. The first-order chi connectivity index (χ1) is 6.49. The zero-order chi connectivity index (χ0) is 10.8. The van der Waals surface area contributed by atoms with Crippen molar-refractivity contribution in [3.63, 3.8) is 0 Å². The number of ether oxygens (including phenoxy) is 1. The van der Waals surface area contributed by atoms with E-state index in [1.54, 1.807) is 19.9 Å². The largest absolute Gasteiger partial charge is 0.463 e. The zero-order valence-corrected chi connectivity index (χ0v) is 8.49. The Bertz CT molecular complexity index is 269. The first-order valence-electron chi connectivity index (χ1n) is 4.84. The van der Waals surface area contributed by atoms with Gasteiger partial charge in [0.25, 0.3) is 0 Å². The smallest absolute Gasteiger partial charge is 0.313 e. The van der Waals surface area contributed by atoms with E-state index < -0.39 is 17.5 Å². The molecular weight excluding hydrogens is 182 g/mol. The van der Waals surface area contributed by atoms with Crippen molar-refractivity contribution in [3.05, 3.63) is 0 Å². The highest BCUT2D eigenvalue weighted by molar-refractivity contribution is 5.75. The molecule has 0 heterocycles. The molecule has 0 radical (unpaired) electrons. The Morgan fingerprint density at radius 2 is 2.36 bits per heavy atom. The summed E-state index contributed by atoms with van der Waals surface area (Å²) in [7, 11) is 0. The molecule has 0 unspecified atom stereocenters. The average molecular weight is 197 g/mol. The van der Waals surface area contributed by atoms with E-state index >= 15 is 0 Å². The van der Waals surface area contributed by atoms with E-state index in [2.05, 4.69) is 0 Å². The van der Waals surface area contributed by atoms with Gasteiger partial charge in [0.2, 0.25) is 0 Å². The topological polar surface area (TPSA) is 70.3 Å². The molecule has 0 spiro atoms. The molecule has 0 saturated heterocycles. The Kier molecular flexibility index (Phi) is 3.12. The van der Waals surface area contributed by atoms with E-state index in [9.17, 15) is 9.90 Å². The Balaban J connectivity index is 2.69. The van der Waals surface area contributed by atoms with E-state index in [1.165, 1.54) is 0 Å². The van der Waals surface area contributed by atoms with Crippen LogP contribution in [-0.4, -0.2) is 22.8 Å². The van der Waals surface area contributed by atoms with Crippen LogP contribution >= 0.6 is 0 Å². The molecule has 14 heavy (non-hydrogen) atoms. The summed E-state index contributed by atoms with van der Waals surface area (Å²) in [5.74, 6) is -1.13. The highest BCUT2D eigenvalue weighted by atomic mass is 16.5. The minimum Gasteiger partial charge on any atom is -0.463 e. The Labute approximate surface area is 83.5 Å². The van der Waals surface area contributed by atoms with Gasteiger partial charge in [-0.15, -0.1) is 0 Å². The SMILES string of the molecule is CC(C)OC(=O)[C@H]1CCC[C@]1(O)C#N. The molecular formula is C10H15NO3. The Morgan fingerprint density at radius 3 is 2.86 bits per heavy atom. The number of carbonyl (C=O) groups excluding carboxylic acids is 1. The van der Waals surface area contributed by atoms with E-state index in [0.29, 0.717) is 19.3 Å². The summed E-state index contributed by atoms with van der Waals surface area (Å²) in [5, 5.41) is 18.6. The van der Waals surface area contributed by atoms with Crippen LogP contribution in [0.4, 0.5) is 0 Å². The highest BCUT2D eigenvalue weighted by Gasteiger charge is 2.46. The number of carbonyl (C=O) groups is 1. The lowest BCUT2D eigenvalue weighted by Crippen LogP contribution is -2.38.